The van der Waals surface area contributed by atoms with E-state index >= 15 is 0 Å². The van der Waals surface area contributed by atoms with Crippen LogP contribution in [0.2, 0.25) is 0 Å². The van der Waals surface area contributed by atoms with Crippen molar-refractivity contribution in [3.63, 3.8) is 0 Å². The Morgan fingerprint density at radius 2 is 2.10 bits per heavy atom. The van der Waals surface area contributed by atoms with Gasteiger partial charge in [0.2, 0.25) is 6.10 Å². The van der Waals surface area contributed by atoms with Gasteiger partial charge < -0.3 is 19.7 Å². The maximum absolute atomic E-state index is 12.6. The standard InChI is InChI=1S/C16H22N2O3/c1-11-9-18(8-7-12(11)17-2)16(19)15-10-20-13-5-3-4-6-14(13)21-15/h3-6,11-12,15,17H,7-10H2,1-2H3. The summed E-state index contributed by atoms with van der Waals surface area (Å²) in [7, 11) is 1.98. The molecule has 1 aromatic carbocycles. The summed E-state index contributed by atoms with van der Waals surface area (Å²) in [4.78, 5) is 14.5. The number of carbonyl (C=O) groups is 1. The minimum atomic E-state index is -0.529. The van der Waals surface area contributed by atoms with E-state index in [-0.39, 0.29) is 12.5 Å². The first-order valence-corrected chi connectivity index (χ1v) is 7.53. The van der Waals surface area contributed by atoms with Crippen LogP contribution in [-0.4, -0.2) is 49.7 Å². The number of benzene rings is 1. The lowest BCUT2D eigenvalue weighted by molar-refractivity contribution is -0.143. The van der Waals surface area contributed by atoms with E-state index < -0.39 is 6.10 Å². The van der Waals surface area contributed by atoms with E-state index in [1.165, 1.54) is 0 Å². The number of amides is 1. The van der Waals surface area contributed by atoms with Gasteiger partial charge in [0.15, 0.2) is 11.5 Å². The molecule has 1 N–H and O–H groups in total. The SMILES string of the molecule is CNC1CCN(C(=O)C2COc3ccccc3O2)CC1C. The summed E-state index contributed by atoms with van der Waals surface area (Å²) < 4.78 is 11.4. The lowest BCUT2D eigenvalue weighted by atomic mass is 9.93. The zero-order chi connectivity index (χ0) is 14.8. The monoisotopic (exact) mass is 290 g/mol. The topological polar surface area (TPSA) is 50.8 Å². The fourth-order valence-electron chi connectivity index (χ4n) is 3.12. The summed E-state index contributed by atoms with van der Waals surface area (Å²) in [5.74, 6) is 1.85. The summed E-state index contributed by atoms with van der Waals surface area (Å²) in [6.07, 6.45) is 0.450. The summed E-state index contributed by atoms with van der Waals surface area (Å²) in [5.41, 5.74) is 0. The Morgan fingerprint density at radius 1 is 1.33 bits per heavy atom. The number of likely N-dealkylation sites (tertiary alicyclic amines) is 1. The number of para-hydroxylation sites is 2. The third-order valence-corrected chi connectivity index (χ3v) is 4.37. The molecule has 0 bridgehead atoms. The van der Waals surface area contributed by atoms with Crippen molar-refractivity contribution in [1.29, 1.82) is 0 Å². The minimum absolute atomic E-state index is 0.0332. The van der Waals surface area contributed by atoms with Crippen LogP contribution in [0.25, 0.3) is 0 Å². The van der Waals surface area contributed by atoms with Crippen LogP contribution in [0.1, 0.15) is 13.3 Å². The first-order valence-electron chi connectivity index (χ1n) is 7.53. The minimum Gasteiger partial charge on any atom is -0.485 e. The van der Waals surface area contributed by atoms with Gasteiger partial charge in [-0.25, -0.2) is 0 Å². The van der Waals surface area contributed by atoms with Crippen LogP contribution in [0.4, 0.5) is 0 Å². The van der Waals surface area contributed by atoms with E-state index in [0.29, 0.717) is 23.5 Å². The highest BCUT2D eigenvalue weighted by Gasteiger charge is 2.34. The quantitative estimate of drug-likeness (QED) is 0.891. The number of hydrogen-bond donors (Lipinski definition) is 1. The fraction of sp³-hybridized carbons (Fsp3) is 0.562. The molecule has 1 fully saturated rings. The normalized spacial score (nSPS) is 28.3. The van der Waals surface area contributed by atoms with Gasteiger partial charge in [0.1, 0.15) is 6.61 Å². The van der Waals surface area contributed by atoms with Crippen LogP contribution in [0, 0.1) is 5.92 Å². The second-order valence-electron chi connectivity index (χ2n) is 5.81. The maximum Gasteiger partial charge on any atom is 0.267 e. The van der Waals surface area contributed by atoms with Crippen molar-refractivity contribution in [3.05, 3.63) is 24.3 Å². The number of ether oxygens (including phenoxy) is 2. The van der Waals surface area contributed by atoms with E-state index in [2.05, 4.69) is 12.2 Å². The maximum atomic E-state index is 12.6. The Balaban J connectivity index is 1.65. The van der Waals surface area contributed by atoms with Crippen LogP contribution in [0.5, 0.6) is 11.5 Å². The molecule has 5 nitrogen and oxygen atoms in total. The van der Waals surface area contributed by atoms with Crippen molar-refractivity contribution in [2.75, 3.05) is 26.7 Å². The van der Waals surface area contributed by atoms with Crippen molar-refractivity contribution in [3.8, 4) is 11.5 Å². The molecule has 114 valence electrons. The Hall–Kier alpha value is -1.75. The number of nitrogens with zero attached hydrogens (tertiary/aromatic N) is 1. The Bertz CT molecular complexity index is 520. The molecule has 3 unspecified atom stereocenters. The number of carbonyl (C=O) groups excluding carboxylic acids is 1. The smallest absolute Gasteiger partial charge is 0.267 e. The average Bonchev–Trinajstić information content (AvgIpc) is 2.53. The van der Waals surface area contributed by atoms with Crippen molar-refractivity contribution >= 4 is 5.91 Å². The van der Waals surface area contributed by atoms with E-state index in [1.54, 1.807) is 0 Å². The molecule has 2 heterocycles. The number of hydrogen-bond acceptors (Lipinski definition) is 4. The van der Waals surface area contributed by atoms with E-state index in [0.717, 1.165) is 19.5 Å². The summed E-state index contributed by atoms with van der Waals surface area (Å²) in [6.45, 7) is 4.01. The van der Waals surface area contributed by atoms with Gasteiger partial charge in [-0.2, -0.15) is 0 Å². The molecule has 5 heteroatoms. The van der Waals surface area contributed by atoms with Crippen molar-refractivity contribution < 1.29 is 14.3 Å². The summed E-state index contributed by atoms with van der Waals surface area (Å²) >= 11 is 0. The highest BCUT2D eigenvalue weighted by Crippen LogP contribution is 2.31. The van der Waals surface area contributed by atoms with Gasteiger partial charge in [0, 0.05) is 19.1 Å². The molecule has 2 aliphatic heterocycles. The molecule has 1 aromatic rings. The highest BCUT2D eigenvalue weighted by molar-refractivity contribution is 5.82. The van der Waals surface area contributed by atoms with Gasteiger partial charge in [-0.3, -0.25) is 4.79 Å². The van der Waals surface area contributed by atoms with Crippen LogP contribution in [0.3, 0.4) is 0 Å². The molecule has 3 rings (SSSR count). The summed E-state index contributed by atoms with van der Waals surface area (Å²) in [5, 5.41) is 3.31. The van der Waals surface area contributed by atoms with Gasteiger partial charge in [-0.05, 0) is 31.5 Å². The second-order valence-corrected chi connectivity index (χ2v) is 5.81. The molecule has 0 aromatic heterocycles. The molecule has 21 heavy (non-hydrogen) atoms. The molecule has 0 saturated carbocycles. The first-order chi connectivity index (χ1) is 10.2. The third-order valence-electron chi connectivity index (χ3n) is 4.37. The van der Waals surface area contributed by atoms with Crippen molar-refractivity contribution in [2.45, 2.75) is 25.5 Å². The van der Waals surface area contributed by atoms with Crippen molar-refractivity contribution in [1.82, 2.24) is 10.2 Å². The molecular formula is C16H22N2O3. The Morgan fingerprint density at radius 3 is 2.81 bits per heavy atom. The molecular weight excluding hydrogens is 268 g/mol. The molecule has 0 spiro atoms. The largest absolute Gasteiger partial charge is 0.485 e. The second kappa shape index (κ2) is 5.93. The van der Waals surface area contributed by atoms with Crippen LogP contribution >= 0.6 is 0 Å². The third kappa shape index (κ3) is 2.83. The summed E-state index contributed by atoms with van der Waals surface area (Å²) in [6, 6.07) is 7.96. The zero-order valence-electron chi connectivity index (χ0n) is 12.5. The number of nitrogens with one attached hydrogen (secondary N) is 1. The average molecular weight is 290 g/mol. The van der Waals surface area contributed by atoms with Crippen molar-refractivity contribution in [2.24, 2.45) is 5.92 Å². The predicted molar refractivity (Wildman–Crippen MR) is 79.6 cm³/mol. The van der Waals surface area contributed by atoms with Gasteiger partial charge >= 0.3 is 0 Å². The molecule has 1 saturated heterocycles. The van der Waals surface area contributed by atoms with Gasteiger partial charge in [0.05, 0.1) is 0 Å². The van der Waals surface area contributed by atoms with E-state index in [9.17, 15) is 4.79 Å². The molecule has 2 aliphatic rings. The zero-order valence-corrected chi connectivity index (χ0v) is 12.5. The lowest BCUT2D eigenvalue weighted by Gasteiger charge is -2.38. The van der Waals surface area contributed by atoms with Crippen LogP contribution in [-0.2, 0) is 4.79 Å². The van der Waals surface area contributed by atoms with Gasteiger partial charge in [0.25, 0.3) is 5.91 Å². The Kier molecular flexibility index (Phi) is 4.01. The number of fused-ring (bicyclic) bond motifs is 1. The van der Waals surface area contributed by atoms with E-state index in [1.807, 2.05) is 36.2 Å². The molecule has 1 amide bonds. The highest BCUT2D eigenvalue weighted by atomic mass is 16.6. The predicted octanol–water partition coefficient (Wildman–Crippen LogP) is 1.28. The fourth-order valence-corrected chi connectivity index (χ4v) is 3.12. The number of rotatable bonds is 2. The van der Waals surface area contributed by atoms with Crippen LogP contribution in [0.15, 0.2) is 24.3 Å². The lowest BCUT2D eigenvalue weighted by Crippen LogP contribution is -2.54. The molecule has 3 atom stereocenters. The molecule has 0 radical (unpaired) electrons. The number of piperidine rings is 1. The Labute approximate surface area is 125 Å². The van der Waals surface area contributed by atoms with Gasteiger partial charge in [-0.1, -0.05) is 19.1 Å². The van der Waals surface area contributed by atoms with Gasteiger partial charge in [-0.15, -0.1) is 0 Å². The van der Waals surface area contributed by atoms with E-state index in [4.69, 9.17) is 9.47 Å². The van der Waals surface area contributed by atoms with Crippen LogP contribution < -0.4 is 14.8 Å². The first kappa shape index (κ1) is 14.2. The molecule has 0 aliphatic carbocycles.